The van der Waals surface area contributed by atoms with Crippen LogP contribution in [-0.4, -0.2) is 30.8 Å². The number of anilines is 1. The second kappa shape index (κ2) is 4.79. The molecule has 2 N–H and O–H groups in total. The molecular weight excluding hydrogens is 270 g/mol. The third-order valence-corrected chi connectivity index (χ3v) is 7.08. The molecule has 18 heavy (non-hydrogen) atoms. The maximum absolute atomic E-state index is 12.5. The Balaban J connectivity index is 2.29. The predicted molar refractivity (Wildman–Crippen MR) is 73.0 cm³/mol. The standard InChI is InChI=1S/C11H19N3O2S2/c1-7-4-5-14(6-8(7)2)18(15,16)10-9(3)13-11(12)17-10/h7-8H,4-6H2,1-3H3,(H2,12,13). The smallest absolute Gasteiger partial charge is 0.254 e. The van der Waals surface area contributed by atoms with Crippen LogP contribution in [0.15, 0.2) is 4.21 Å². The number of thiazole rings is 1. The van der Waals surface area contributed by atoms with Crippen molar-refractivity contribution < 1.29 is 8.42 Å². The van der Waals surface area contributed by atoms with Crippen molar-refractivity contribution in [3.63, 3.8) is 0 Å². The number of hydrogen-bond donors (Lipinski definition) is 1. The van der Waals surface area contributed by atoms with Gasteiger partial charge >= 0.3 is 0 Å². The quantitative estimate of drug-likeness (QED) is 0.899. The van der Waals surface area contributed by atoms with E-state index in [9.17, 15) is 8.42 Å². The van der Waals surface area contributed by atoms with Gasteiger partial charge in [0, 0.05) is 13.1 Å². The molecule has 2 atom stereocenters. The number of hydrogen-bond acceptors (Lipinski definition) is 5. The number of sulfonamides is 1. The summed E-state index contributed by atoms with van der Waals surface area (Å²) in [5.74, 6) is 0.961. The molecule has 1 aromatic heterocycles. The van der Waals surface area contributed by atoms with Crippen molar-refractivity contribution in [1.82, 2.24) is 9.29 Å². The van der Waals surface area contributed by atoms with Crippen molar-refractivity contribution in [3.8, 4) is 0 Å². The SMILES string of the molecule is Cc1nc(N)sc1S(=O)(=O)N1CCC(C)C(C)C1. The molecule has 7 heteroatoms. The second-order valence-corrected chi connectivity index (χ2v) is 8.20. The van der Waals surface area contributed by atoms with Crippen LogP contribution in [-0.2, 0) is 10.0 Å². The van der Waals surface area contributed by atoms with Crippen molar-refractivity contribution in [2.75, 3.05) is 18.8 Å². The maximum Gasteiger partial charge on any atom is 0.254 e. The predicted octanol–water partition coefficient (Wildman–Crippen LogP) is 1.70. The summed E-state index contributed by atoms with van der Waals surface area (Å²) in [7, 11) is -3.42. The largest absolute Gasteiger partial charge is 0.375 e. The second-order valence-electron chi connectivity index (χ2n) is 5.03. The van der Waals surface area contributed by atoms with Gasteiger partial charge in [-0.2, -0.15) is 4.31 Å². The van der Waals surface area contributed by atoms with E-state index in [1.165, 1.54) is 0 Å². The summed E-state index contributed by atoms with van der Waals surface area (Å²) in [5.41, 5.74) is 6.08. The first-order valence-corrected chi connectivity index (χ1v) is 8.31. The Morgan fingerprint density at radius 2 is 2.06 bits per heavy atom. The first-order chi connectivity index (χ1) is 8.32. The zero-order valence-electron chi connectivity index (χ0n) is 10.9. The molecule has 0 radical (unpaired) electrons. The molecule has 1 saturated heterocycles. The van der Waals surface area contributed by atoms with E-state index in [4.69, 9.17) is 5.73 Å². The first kappa shape index (κ1) is 13.8. The van der Waals surface area contributed by atoms with Crippen molar-refractivity contribution in [3.05, 3.63) is 5.69 Å². The fraction of sp³-hybridized carbons (Fsp3) is 0.727. The lowest BCUT2D eigenvalue weighted by Crippen LogP contribution is -2.42. The minimum Gasteiger partial charge on any atom is -0.375 e. The Kier molecular flexibility index (Phi) is 3.66. The number of aryl methyl sites for hydroxylation is 1. The minimum absolute atomic E-state index is 0.293. The molecule has 2 heterocycles. The van der Waals surface area contributed by atoms with Gasteiger partial charge in [-0.3, -0.25) is 0 Å². The summed E-state index contributed by atoms with van der Waals surface area (Å²) in [6, 6.07) is 0. The summed E-state index contributed by atoms with van der Waals surface area (Å²) in [6.45, 7) is 7.13. The van der Waals surface area contributed by atoms with E-state index in [2.05, 4.69) is 18.8 Å². The van der Waals surface area contributed by atoms with Gasteiger partial charge < -0.3 is 5.73 Å². The highest BCUT2D eigenvalue weighted by Crippen LogP contribution is 2.32. The highest BCUT2D eigenvalue weighted by Gasteiger charge is 2.34. The third-order valence-electron chi connectivity index (χ3n) is 3.64. The molecule has 2 rings (SSSR count). The Bertz CT molecular complexity index is 538. The normalized spacial score (nSPS) is 26.4. The molecule has 0 aromatic carbocycles. The van der Waals surface area contributed by atoms with Gasteiger partial charge in [0.15, 0.2) is 9.34 Å². The van der Waals surface area contributed by atoms with Crippen molar-refractivity contribution >= 4 is 26.5 Å². The van der Waals surface area contributed by atoms with E-state index >= 15 is 0 Å². The zero-order chi connectivity index (χ0) is 13.5. The van der Waals surface area contributed by atoms with Crippen LogP contribution in [0.25, 0.3) is 0 Å². The molecule has 0 aliphatic carbocycles. The summed E-state index contributed by atoms with van der Waals surface area (Å²) in [6.07, 6.45) is 0.910. The highest BCUT2D eigenvalue weighted by atomic mass is 32.2. The van der Waals surface area contributed by atoms with Gasteiger partial charge in [0.1, 0.15) is 0 Å². The number of aromatic nitrogens is 1. The third kappa shape index (κ3) is 2.39. The molecule has 0 spiro atoms. The van der Waals surface area contributed by atoms with E-state index in [1.54, 1.807) is 11.2 Å². The van der Waals surface area contributed by atoms with Crippen LogP contribution in [0, 0.1) is 18.8 Å². The Morgan fingerprint density at radius 3 is 2.56 bits per heavy atom. The summed E-state index contributed by atoms with van der Waals surface area (Å²) in [4.78, 5) is 4.00. The van der Waals surface area contributed by atoms with Crippen LogP contribution in [0.5, 0.6) is 0 Å². The topological polar surface area (TPSA) is 76.3 Å². The Labute approximate surface area is 112 Å². The molecule has 0 amide bonds. The van der Waals surface area contributed by atoms with Gasteiger partial charge in [-0.15, -0.1) is 0 Å². The number of nitrogens with zero attached hydrogens (tertiary/aromatic N) is 2. The zero-order valence-corrected chi connectivity index (χ0v) is 12.5. The van der Waals surface area contributed by atoms with Crippen LogP contribution in [0.2, 0.25) is 0 Å². The highest BCUT2D eigenvalue weighted by molar-refractivity contribution is 7.91. The molecule has 102 valence electrons. The summed E-state index contributed by atoms with van der Waals surface area (Å²) >= 11 is 1.05. The molecule has 0 bridgehead atoms. The molecule has 0 saturated carbocycles. The maximum atomic E-state index is 12.5. The van der Waals surface area contributed by atoms with Gasteiger partial charge in [0.05, 0.1) is 5.69 Å². The van der Waals surface area contributed by atoms with Crippen molar-refractivity contribution in [2.45, 2.75) is 31.4 Å². The molecule has 1 aromatic rings. The molecule has 5 nitrogen and oxygen atoms in total. The summed E-state index contributed by atoms with van der Waals surface area (Å²) < 4.78 is 26.9. The van der Waals surface area contributed by atoms with Crippen LogP contribution in [0.1, 0.15) is 26.0 Å². The molecule has 1 aliphatic rings. The lowest BCUT2D eigenvalue weighted by molar-refractivity contribution is 0.213. The van der Waals surface area contributed by atoms with E-state index in [0.717, 1.165) is 17.8 Å². The molecule has 1 fully saturated rings. The van der Waals surface area contributed by atoms with Gasteiger partial charge in [-0.25, -0.2) is 13.4 Å². The van der Waals surface area contributed by atoms with E-state index in [-0.39, 0.29) is 0 Å². The lowest BCUT2D eigenvalue weighted by Gasteiger charge is -2.34. The van der Waals surface area contributed by atoms with Gasteiger partial charge in [-0.05, 0) is 25.2 Å². The van der Waals surface area contributed by atoms with Crippen LogP contribution in [0.4, 0.5) is 5.13 Å². The van der Waals surface area contributed by atoms with Crippen molar-refractivity contribution in [1.29, 1.82) is 0 Å². The Morgan fingerprint density at radius 1 is 1.39 bits per heavy atom. The number of nitrogen functional groups attached to an aromatic ring is 1. The van der Waals surface area contributed by atoms with E-state index < -0.39 is 10.0 Å². The fourth-order valence-electron chi connectivity index (χ4n) is 2.20. The van der Waals surface area contributed by atoms with E-state index in [1.807, 2.05) is 0 Å². The van der Waals surface area contributed by atoms with Crippen LogP contribution < -0.4 is 5.73 Å². The molecule has 2 unspecified atom stereocenters. The first-order valence-electron chi connectivity index (χ1n) is 6.05. The Hall–Kier alpha value is -0.660. The van der Waals surface area contributed by atoms with Crippen LogP contribution in [0.3, 0.4) is 0 Å². The number of nitrogens with two attached hydrogens (primary N) is 1. The number of rotatable bonds is 2. The summed E-state index contributed by atoms with van der Waals surface area (Å²) in [5, 5.41) is 0.310. The average molecular weight is 289 g/mol. The van der Waals surface area contributed by atoms with E-state index in [0.29, 0.717) is 40.0 Å². The average Bonchev–Trinajstić information content (AvgIpc) is 2.62. The molecule has 1 aliphatic heterocycles. The molecular formula is C11H19N3O2S2. The number of piperidine rings is 1. The van der Waals surface area contributed by atoms with Gasteiger partial charge in [-0.1, -0.05) is 25.2 Å². The van der Waals surface area contributed by atoms with Crippen molar-refractivity contribution in [2.24, 2.45) is 11.8 Å². The van der Waals surface area contributed by atoms with Crippen LogP contribution >= 0.6 is 11.3 Å². The lowest BCUT2D eigenvalue weighted by atomic mass is 9.90. The fourth-order valence-corrected chi connectivity index (χ4v) is 5.19. The van der Waals surface area contributed by atoms with Gasteiger partial charge in [0.2, 0.25) is 0 Å². The van der Waals surface area contributed by atoms with Gasteiger partial charge in [0.25, 0.3) is 10.0 Å². The minimum atomic E-state index is -3.42. The monoisotopic (exact) mass is 289 g/mol.